The Labute approximate surface area is 233 Å². The summed E-state index contributed by atoms with van der Waals surface area (Å²) >= 11 is 0. The van der Waals surface area contributed by atoms with Crippen LogP contribution in [-0.4, -0.2) is 43.0 Å². The van der Waals surface area contributed by atoms with Crippen LogP contribution in [0.3, 0.4) is 0 Å². The molecule has 12 heteroatoms. The van der Waals surface area contributed by atoms with Crippen molar-refractivity contribution in [2.75, 3.05) is 6.61 Å². The van der Waals surface area contributed by atoms with E-state index in [4.69, 9.17) is 0 Å². The molecule has 0 aliphatic carbocycles. The number of benzene rings is 3. The van der Waals surface area contributed by atoms with E-state index in [1.165, 1.54) is 21.6 Å². The van der Waals surface area contributed by atoms with Crippen LogP contribution in [0.2, 0.25) is 0 Å². The second-order valence-corrected chi connectivity index (χ2v) is 11.7. The van der Waals surface area contributed by atoms with Gasteiger partial charge in [0.05, 0.1) is 17.5 Å². The summed E-state index contributed by atoms with van der Waals surface area (Å²) in [4.78, 5) is 15.1. The molecule has 0 fully saturated rings. The summed E-state index contributed by atoms with van der Waals surface area (Å²) in [5, 5.41) is -5.76. The Morgan fingerprint density at radius 2 is 1.25 bits per heavy atom. The van der Waals surface area contributed by atoms with Gasteiger partial charge in [0.2, 0.25) is 0 Å². The molecule has 0 radical (unpaired) electrons. The Hall–Kier alpha value is -3.19. The second-order valence-electron chi connectivity index (χ2n) is 8.29. The fourth-order valence-electron chi connectivity index (χ4n) is 3.04. The highest BCUT2D eigenvalue weighted by Crippen LogP contribution is 2.40. The van der Waals surface area contributed by atoms with Crippen LogP contribution in [0, 0.1) is 0 Å². The topological polar surface area (TPSA) is 92.7 Å². The lowest BCUT2D eigenvalue weighted by atomic mass is 10.2. The molecule has 3 aromatic carbocycles. The number of carbonyl (C=O) groups excluding carboxylic acids is 1. The summed E-state index contributed by atoms with van der Waals surface area (Å²) in [6.07, 6.45) is -3.10. The number of hydrogen-bond acceptors (Lipinski definition) is 6. The maximum atomic E-state index is 13.0. The van der Waals surface area contributed by atoms with Crippen LogP contribution in [-0.2, 0) is 35.3 Å². The van der Waals surface area contributed by atoms with Crippen LogP contribution < -0.4 is 0 Å². The average Bonchev–Trinajstić information content (AvgIpc) is 2.90. The van der Waals surface area contributed by atoms with Crippen molar-refractivity contribution in [3.8, 4) is 0 Å². The maximum Gasteiger partial charge on any atom is 0.396 e. The molecule has 0 spiro atoms. The van der Waals surface area contributed by atoms with Gasteiger partial charge in [-0.25, -0.2) is 13.2 Å². The molecule has 3 aromatic rings. The molecule has 0 amide bonds. The normalized spacial score (nSPS) is 12.7. The van der Waals surface area contributed by atoms with Crippen LogP contribution in [0.25, 0.3) is 0 Å². The van der Waals surface area contributed by atoms with Crippen molar-refractivity contribution in [1.29, 1.82) is 0 Å². The molecule has 0 N–H and O–H groups in total. The third-order valence-corrected chi connectivity index (χ3v) is 8.22. The zero-order valence-corrected chi connectivity index (χ0v) is 23.3. The van der Waals surface area contributed by atoms with Crippen LogP contribution in [0.15, 0.2) is 118 Å². The van der Waals surface area contributed by atoms with Gasteiger partial charge in [-0.15, -0.1) is 0 Å². The first-order valence-corrected chi connectivity index (χ1v) is 14.4. The standard InChI is InChI=1S/C18H15S.C10H14F4O6S/c1-4-10-16(11-5-1)19(17-12-6-2-7-13-17)18-14-8-3-9-15-18;1-6(2)8(15)20-7(3)19-5-4-9(11,12)10(13,14)21(16,17)18/h1-15H;7H,1,4-5H2,2-3H3,(H,16,17,18)/q+1;/p-1. The van der Waals surface area contributed by atoms with Crippen molar-refractivity contribution in [1.82, 2.24) is 0 Å². The molecule has 0 aliphatic rings. The van der Waals surface area contributed by atoms with E-state index in [0.717, 1.165) is 6.92 Å². The van der Waals surface area contributed by atoms with Gasteiger partial charge in [0.1, 0.15) is 0 Å². The first-order chi connectivity index (χ1) is 18.7. The molecule has 0 aliphatic heterocycles. The van der Waals surface area contributed by atoms with E-state index in [0.29, 0.717) is 0 Å². The Morgan fingerprint density at radius 3 is 1.57 bits per heavy atom. The first kappa shape index (κ1) is 33.0. The summed E-state index contributed by atoms with van der Waals surface area (Å²) in [5.74, 6) is -6.01. The van der Waals surface area contributed by atoms with Gasteiger partial charge >= 0.3 is 17.1 Å². The van der Waals surface area contributed by atoms with Crippen molar-refractivity contribution in [3.05, 3.63) is 103 Å². The largest absolute Gasteiger partial charge is 0.743 e. The highest BCUT2D eigenvalue weighted by molar-refractivity contribution is 7.97. The SMILES string of the molecule is C=C(C)C(=O)OC(C)OCCC(F)(F)C(F)(F)S(=O)(=O)[O-].c1ccc([S+](c2ccccc2)c2ccccc2)cc1. The predicted octanol–water partition coefficient (Wildman–Crippen LogP) is 6.41. The lowest BCUT2D eigenvalue weighted by Crippen LogP contribution is -2.47. The Balaban J connectivity index is 0.000000281. The van der Waals surface area contributed by atoms with Gasteiger partial charge < -0.3 is 14.0 Å². The molecule has 0 saturated carbocycles. The number of alkyl halides is 4. The molecule has 6 nitrogen and oxygen atoms in total. The summed E-state index contributed by atoms with van der Waals surface area (Å²) in [5.41, 5.74) is -0.000221. The molecular formula is C28H28F4O6S2. The third-order valence-electron chi connectivity index (χ3n) is 5.07. The number of ether oxygens (including phenoxy) is 2. The van der Waals surface area contributed by atoms with E-state index in [1.54, 1.807) is 0 Å². The second kappa shape index (κ2) is 14.4. The number of rotatable bonds is 11. The van der Waals surface area contributed by atoms with Crippen LogP contribution in [0.1, 0.15) is 20.3 Å². The van der Waals surface area contributed by atoms with Crippen molar-refractivity contribution in [2.24, 2.45) is 0 Å². The third kappa shape index (κ3) is 9.19. The zero-order valence-electron chi connectivity index (χ0n) is 21.6. The molecule has 0 heterocycles. The zero-order chi connectivity index (χ0) is 30.0. The lowest BCUT2D eigenvalue weighted by molar-refractivity contribution is -0.191. The Morgan fingerprint density at radius 1 is 0.875 bits per heavy atom. The highest BCUT2D eigenvalue weighted by Gasteiger charge is 2.61. The molecule has 216 valence electrons. The molecule has 1 atom stereocenters. The molecule has 0 aromatic heterocycles. The summed E-state index contributed by atoms with van der Waals surface area (Å²) < 4.78 is 90.9. The number of halogens is 4. The Bertz CT molecular complexity index is 1250. The summed E-state index contributed by atoms with van der Waals surface area (Å²) in [7, 11) is -6.54. The smallest absolute Gasteiger partial charge is 0.396 e. The lowest BCUT2D eigenvalue weighted by Gasteiger charge is -2.28. The molecule has 0 bridgehead atoms. The van der Waals surface area contributed by atoms with E-state index in [-0.39, 0.29) is 16.5 Å². The minimum Gasteiger partial charge on any atom is -0.743 e. The van der Waals surface area contributed by atoms with Crippen LogP contribution >= 0.6 is 0 Å². The van der Waals surface area contributed by atoms with Gasteiger partial charge in [-0.1, -0.05) is 61.2 Å². The minimum absolute atomic E-state index is 0.000221. The quantitative estimate of drug-likeness (QED) is 0.0631. The monoisotopic (exact) mass is 600 g/mol. The minimum atomic E-state index is -6.53. The van der Waals surface area contributed by atoms with Crippen molar-refractivity contribution < 1.29 is 44.8 Å². The number of esters is 1. The molecule has 0 saturated heterocycles. The van der Waals surface area contributed by atoms with Crippen LogP contribution in [0.5, 0.6) is 0 Å². The molecule has 3 rings (SSSR count). The van der Waals surface area contributed by atoms with E-state index in [2.05, 4.69) is 107 Å². The van der Waals surface area contributed by atoms with Gasteiger partial charge in [-0.2, -0.15) is 17.6 Å². The van der Waals surface area contributed by atoms with Crippen molar-refractivity contribution in [3.63, 3.8) is 0 Å². The summed E-state index contributed by atoms with van der Waals surface area (Å²) in [6.45, 7) is 4.60. The summed E-state index contributed by atoms with van der Waals surface area (Å²) in [6, 6.07) is 32.2. The Kier molecular flexibility index (Phi) is 11.9. The van der Waals surface area contributed by atoms with Crippen molar-refractivity contribution >= 4 is 27.0 Å². The fourth-order valence-corrected chi connectivity index (χ4v) is 5.62. The van der Waals surface area contributed by atoms with Gasteiger partial charge in [-0.05, 0) is 50.2 Å². The average molecular weight is 601 g/mol. The van der Waals surface area contributed by atoms with E-state index < -0.39 is 46.6 Å². The van der Waals surface area contributed by atoms with Gasteiger partial charge in [0.15, 0.2) is 31.1 Å². The van der Waals surface area contributed by atoms with E-state index in [1.807, 2.05) is 0 Å². The van der Waals surface area contributed by atoms with Crippen LogP contribution in [0.4, 0.5) is 17.6 Å². The molecule has 1 unspecified atom stereocenters. The van der Waals surface area contributed by atoms with E-state index in [9.17, 15) is 35.3 Å². The predicted molar refractivity (Wildman–Crippen MR) is 142 cm³/mol. The first-order valence-electron chi connectivity index (χ1n) is 11.8. The molecule has 40 heavy (non-hydrogen) atoms. The fraction of sp³-hybridized carbons (Fsp3) is 0.250. The number of hydrogen-bond donors (Lipinski definition) is 0. The maximum absolute atomic E-state index is 13.0. The number of carbonyl (C=O) groups is 1. The van der Waals surface area contributed by atoms with Gasteiger partial charge in [0, 0.05) is 12.0 Å². The van der Waals surface area contributed by atoms with E-state index >= 15 is 0 Å². The van der Waals surface area contributed by atoms with Gasteiger partial charge in [0.25, 0.3) is 0 Å². The highest BCUT2D eigenvalue weighted by atomic mass is 32.2. The van der Waals surface area contributed by atoms with Gasteiger partial charge in [-0.3, -0.25) is 0 Å². The molecular weight excluding hydrogens is 572 g/mol. The van der Waals surface area contributed by atoms with Crippen molar-refractivity contribution in [2.45, 2.75) is 52.4 Å².